The Morgan fingerprint density at radius 1 is 1.17 bits per heavy atom. The molecule has 0 spiro atoms. The predicted molar refractivity (Wildman–Crippen MR) is 50.0 cm³/mol. The molecule has 0 radical (unpaired) electrons. The topological polar surface area (TPSA) is 18.5 Å². The van der Waals surface area contributed by atoms with E-state index in [1.54, 1.807) is 6.08 Å². The summed E-state index contributed by atoms with van der Waals surface area (Å²) in [7, 11) is 0. The average Bonchev–Trinajstić information content (AvgIpc) is 2.06. The number of ether oxygens (including phenoxy) is 2. The Morgan fingerprint density at radius 2 is 1.75 bits per heavy atom. The van der Waals surface area contributed by atoms with Crippen LogP contribution in [-0.4, -0.2) is 19.5 Å². The van der Waals surface area contributed by atoms with Crippen molar-refractivity contribution in [3.63, 3.8) is 0 Å². The van der Waals surface area contributed by atoms with Crippen LogP contribution < -0.4 is 0 Å². The first-order valence-corrected chi connectivity index (χ1v) is 4.49. The molecule has 0 saturated heterocycles. The highest BCUT2D eigenvalue weighted by Crippen LogP contribution is 1.95. The van der Waals surface area contributed by atoms with Gasteiger partial charge in [-0.2, -0.15) is 0 Å². The van der Waals surface area contributed by atoms with Crippen molar-refractivity contribution < 1.29 is 9.47 Å². The van der Waals surface area contributed by atoms with Gasteiger partial charge in [0.05, 0.1) is 0 Å². The third kappa shape index (κ3) is 6.17. The van der Waals surface area contributed by atoms with Crippen molar-refractivity contribution in [2.75, 3.05) is 13.2 Å². The Morgan fingerprint density at radius 3 is 2.17 bits per heavy atom. The smallest absolute Gasteiger partial charge is 0.184 e. The Balaban J connectivity index is 3.84. The zero-order valence-electron chi connectivity index (χ0n) is 8.17. The third-order valence-corrected chi connectivity index (χ3v) is 1.22. The molecule has 0 N–H and O–H groups in total. The fourth-order valence-electron chi connectivity index (χ4n) is 0.737. The second-order valence-electron chi connectivity index (χ2n) is 2.22. The molecular formula is C10H18O2. The van der Waals surface area contributed by atoms with E-state index in [0.717, 1.165) is 6.42 Å². The van der Waals surface area contributed by atoms with Crippen molar-refractivity contribution in [2.24, 2.45) is 0 Å². The van der Waals surface area contributed by atoms with E-state index in [0.29, 0.717) is 13.2 Å². The summed E-state index contributed by atoms with van der Waals surface area (Å²) in [5, 5.41) is 0. The lowest BCUT2D eigenvalue weighted by molar-refractivity contribution is -0.103. The van der Waals surface area contributed by atoms with Crippen molar-refractivity contribution >= 4 is 0 Å². The van der Waals surface area contributed by atoms with Crippen molar-refractivity contribution in [1.29, 1.82) is 0 Å². The van der Waals surface area contributed by atoms with E-state index in [4.69, 9.17) is 9.47 Å². The predicted octanol–water partition coefficient (Wildman–Crippen LogP) is 2.51. The van der Waals surface area contributed by atoms with Crippen LogP contribution >= 0.6 is 0 Å². The van der Waals surface area contributed by atoms with E-state index < -0.39 is 0 Å². The van der Waals surface area contributed by atoms with Crippen LogP contribution in [0.15, 0.2) is 17.9 Å². The summed E-state index contributed by atoms with van der Waals surface area (Å²) in [6.07, 6.45) is 4.51. The van der Waals surface area contributed by atoms with E-state index in [1.807, 2.05) is 19.9 Å². The van der Waals surface area contributed by atoms with E-state index in [-0.39, 0.29) is 6.29 Å². The molecule has 0 unspecified atom stereocenters. The van der Waals surface area contributed by atoms with Crippen molar-refractivity contribution in [3.8, 4) is 0 Å². The molecule has 0 fully saturated rings. The summed E-state index contributed by atoms with van der Waals surface area (Å²) >= 11 is 0. The average molecular weight is 170 g/mol. The zero-order chi connectivity index (χ0) is 9.23. The van der Waals surface area contributed by atoms with Crippen LogP contribution in [0.2, 0.25) is 0 Å². The molecule has 0 aromatic rings. The van der Waals surface area contributed by atoms with E-state index >= 15 is 0 Å². The largest absolute Gasteiger partial charge is 0.349 e. The summed E-state index contributed by atoms with van der Waals surface area (Å²) in [6, 6.07) is 0. The van der Waals surface area contributed by atoms with Crippen molar-refractivity contribution in [2.45, 2.75) is 33.5 Å². The van der Waals surface area contributed by atoms with Gasteiger partial charge >= 0.3 is 0 Å². The lowest BCUT2D eigenvalue weighted by atomic mass is 10.4. The van der Waals surface area contributed by atoms with E-state index in [2.05, 4.69) is 12.7 Å². The second kappa shape index (κ2) is 8.54. The first kappa shape index (κ1) is 11.4. The highest BCUT2D eigenvalue weighted by molar-refractivity contribution is 4.86. The summed E-state index contributed by atoms with van der Waals surface area (Å²) in [5.41, 5.74) is 3.00. The number of rotatable bonds is 6. The van der Waals surface area contributed by atoms with Gasteiger partial charge in [-0.15, -0.1) is 5.73 Å². The van der Waals surface area contributed by atoms with Gasteiger partial charge < -0.3 is 9.47 Å². The minimum Gasteiger partial charge on any atom is -0.349 e. The molecule has 0 amide bonds. The van der Waals surface area contributed by atoms with Crippen molar-refractivity contribution in [3.05, 3.63) is 17.9 Å². The maximum Gasteiger partial charge on any atom is 0.184 e. The third-order valence-electron chi connectivity index (χ3n) is 1.22. The maximum atomic E-state index is 5.27. The molecule has 0 heterocycles. The van der Waals surface area contributed by atoms with Gasteiger partial charge in [-0.3, -0.25) is 0 Å². The molecule has 0 aliphatic rings. The Kier molecular flexibility index (Phi) is 8.14. The quantitative estimate of drug-likeness (QED) is 0.450. The molecule has 0 aromatic carbocycles. The lowest BCUT2D eigenvalue weighted by Crippen LogP contribution is -2.13. The van der Waals surface area contributed by atoms with Gasteiger partial charge in [-0.1, -0.05) is 6.92 Å². The van der Waals surface area contributed by atoms with Gasteiger partial charge in [0.25, 0.3) is 0 Å². The molecule has 0 saturated carbocycles. The van der Waals surface area contributed by atoms with Crippen LogP contribution in [0.3, 0.4) is 0 Å². The number of hydrogen-bond donors (Lipinski definition) is 0. The van der Waals surface area contributed by atoms with Gasteiger partial charge in [0, 0.05) is 19.3 Å². The normalized spacial score (nSPS) is 9.67. The lowest BCUT2D eigenvalue weighted by Gasteiger charge is -2.10. The Hall–Kier alpha value is -0.560. The van der Waals surface area contributed by atoms with Crippen molar-refractivity contribution in [1.82, 2.24) is 0 Å². The molecule has 0 atom stereocenters. The standard InChI is InChI=1S/C10H18O2/c1-4-7-8-9-10(11-5-2)12-6-3/h7,9-10H,4-6H2,1-3H3. The monoisotopic (exact) mass is 170 g/mol. The summed E-state index contributed by atoms with van der Waals surface area (Å²) in [5.74, 6) is 0. The molecule has 12 heavy (non-hydrogen) atoms. The van der Waals surface area contributed by atoms with E-state index in [1.165, 1.54) is 0 Å². The fraction of sp³-hybridized carbons (Fsp3) is 0.700. The minimum absolute atomic E-state index is 0.234. The molecular weight excluding hydrogens is 152 g/mol. The highest BCUT2D eigenvalue weighted by Gasteiger charge is 1.99. The van der Waals surface area contributed by atoms with Gasteiger partial charge in [-0.05, 0) is 26.3 Å². The molecule has 0 bridgehead atoms. The Labute approximate surface area is 74.9 Å². The molecule has 0 aromatic heterocycles. The summed E-state index contributed by atoms with van der Waals surface area (Å²) < 4.78 is 10.5. The van der Waals surface area contributed by atoms with Gasteiger partial charge in [0.1, 0.15) is 0 Å². The summed E-state index contributed by atoms with van der Waals surface area (Å²) in [4.78, 5) is 0. The first-order chi connectivity index (χ1) is 5.85. The molecule has 2 heteroatoms. The summed E-state index contributed by atoms with van der Waals surface area (Å²) in [6.45, 7) is 7.29. The van der Waals surface area contributed by atoms with Crippen LogP contribution in [0, 0.1) is 0 Å². The highest BCUT2D eigenvalue weighted by atomic mass is 16.7. The van der Waals surface area contributed by atoms with Crippen LogP contribution in [0.4, 0.5) is 0 Å². The van der Waals surface area contributed by atoms with Crippen LogP contribution in [0.1, 0.15) is 27.2 Å². The maximum absolute atomic E-state index is 5.27. The van der Waals surface area contributed by atoms with Gasteiger partial charge in [0.2, 0.25) is 0 Å². The molecule has 0 aliphatic carbocycles. The second-order valence-corrected chi connectivity index (χ2v) is 2.22. The Bertz CT molecular complexity index is 140. The van der Waals surface area contributed by atoms with Crippen LogP contribution in [0.5, 0.6) is 0 Å². The van der Waals surface area contributed by atoms with Crippen LogP contribution in [-0.2, 0) is 9.47 Å². The van der Waals surface area contributed by atoms with Crippen LogP contribution in [0.25, 0.3) is 0 Å². The molecule has 0 rings (SSSR count). The SMILES string of the molecule is CCC=C=CC(OCC)OCC. The molecule has 70 valence electrons. The van der Waals surface area contributed by atoms with E-state index in [9.17, 15) is 0 Å². The number of hydrogen-bond acceptors (Lipinski definition) is 2. The van der Waals surface area contributed by atoms with Gasteiger partial charge in [0.15, 0.2) is 6.29 Å². The fourth-order valence-corrected chi connectivity index (χ4v) is 0.737. The minimum atomic E-state index is -0.234. The molecule has 0 aliphatic heterocycles. The first-order valence-electron chi connectivity index (χ1n) is 4.49. The zero-order valence-corrected chi connectivity index (χ0v) is 8.17. The molecule has 2 nitrogen and oxygen atoms in total. The van der Waals surface area contributed by atoms with Gasteiger partial charge in [-0.25, -0.2) is 0 Å².